The van der Waals surface area contributed by atoms with Gasteiger partial charge in [0.1, 0.15) is 11.7 Å². The number of halogens is 2. The Balaban J connectivity index is 1.48. The summed E-state index contributed by atoms with van der Waals surface area (Å²) in [4.78, 5) is 25.5. The Hall–Kier alpha value is -3.84. The molecule has 35 heavy (non-hydrogen) atoms. The number of carbonyl (C=O) groups excluding carboxylic acids is 1. The van der Waals surface area contributed by atoms with Crippen LogP contribution in [0.3, 0.4) is 0 Å². The summed E-state index contributed by atoms with van der Waals surface area (Å²) in [5.74, 6) is -0.462. The summed E-state index contributed by atoms with van der Waals surface area (Å²) < 4.78 is 14.7. The first-order valence-electron chi connectivity index (χ1n) is 11.2. The van der Waals surface area contributed by atoms with Crippen molar-refractivity contribution < 1.29 is 9.18 Å². The normalized spacial score (nSPS) is 11.6. The third-order valence-corrected chi connectivity index (χ3v) is 5.99. The van der Waals surface area contributed by atoms with E-state index < -0.39 is 5.82 Å². The number of fused-ring (bicyclic) bond motifs is 1. The number of carbonyl (C=O) groups is 1. The number of hydrogen-bond donors (Lipinski definition) is 2. The van der Waals surface area contributed by atoms with E-state index in [0.29, 0.717) is 34.6 Å². The van der Waals surface area contributed by atoms with E-state index in [-0.39, 0.29) is 18.3 Å². The summed E-state index contributed by atoms with van der Waals surface area (Å²) in [6.45, 7) is 2.01. The zero-order valence-corrected chi connectivity index (χ0v) is 20.2. The van der Waals surface area contributed by atoms with Gasteiger partial charge in [0.25, 0.3) is 5.91 Å². The number of rotatable bonds is 7. The number of nitrogens with one attached hydrogen (secondary N) is 1. The summed E-state index contributed by atoms with van der Waals surface area (Å²) in [5.41, 5.74) is 10.8. The van der Waals surface area contributed by atoms with E-state index in [9.17, 15) is 9.18 Å². The molecule has 0 aliphatic rings. The van der Waals surface area contributed by atoms with Crippen molar-refractivity contribution in [1.29, 1.82) is 0 Å². The van der Waals surface area contributed by atoms with Crippen LogP contribution in [0.15, 0.2) is 65.9 Å². The molecule has 2 aromatic carbocycles. The third-order valence-electron chi connectivity index (χ3n) is 5.79. The molecule has 2 aromatic heterocycles. The van der Waals surface area contributed by atoms with Crippen LogP contribution in [-0.4, -0.2) is 28.8 Å². The highest BCUT2D eigenvalue weighted by Gasteiger charge is 2.14. The number of amidine groups is 1. The fraction of sp³-hybridized carbons (Fsp3) is 0.185. The third kappa shape index (κ3) is 5.63. The van der Waals surface area contributed by atoms with E-state index in [1.54, 1.807) is 37.6 Å². The predicted molar refractivity (Wildman–Crippen MR) is 137 cm³/mol. The van der Waals surface area contributed by atoms with Crippen LogP contribution < -0.4 is 11.1 Å². The van der Waals surface area contributed by atoms with E-state index in [0.717, 1.165) is 27.7 Å². The zero-order chi connectivity index (χ0) is 24.9. The molecule has 0 aliphatic heterocycles. The average molecular weight is 490 g/mol. The maximum Gasteiger partial charge on any atom is 0.251 e. The minimum absolute atomic E-state index is 0.0528. The van der Waals surface area contributed by atoms with Gasteiger partial charge in [-0.1, -0.05) is 30.7 Å². The average Bonchev–Trinajstić information content (AvgIpc) is 2.87. The van der Waals surface area contributed by atoms with Crippen molar-refractivity contribution in [3.8, 4) is 0 Å². The van der Waals surface area contributed by atoms with Gasteiger partial charge >= 0.3 is 0 Å². The van der Waals surface area contributed by atoms with Crippen molar-refractivity contribution in [2.45, 2.75) is 26.3 Å². The first kappa shape index (κ1) is 24.3. The number of pyridine rings is 2. The molecule has 6 nitrogen and oxygen atoms in total. The van der Waals surface area contributed by atoms with Crippen molar-refractivity contribution in [3.63, 3.8) is 0 Å². The van der Waals surface area contributed by atoms with Gasteiger partial charge in [-0.15, -0.1) is 0 Å². The van der Waals surface area contributed by atoms with Crippen molar-refractivity contribution in [2.24, 2.45) is 10.7 Å². The molecule has 2 heterocycles. The molecular weight excluding hydrogens is 465 g/mol. The van der Waals surface area contributed by atoms with E-state index >= 15 is 0 Å². The van der Waals surface area contributed by atoms with Gasteiger partial charge in [-0.2, -0.15) is 0 Å². The molecule has 1 amide bonds. The summed E-state index contributed by atoms with van der Waals surface area (Å²) in [6, 6.07) is 14.3. The molecule has 0 saturated heterocycles. The monoisotopic (exact) mass is 489 g/mol. The van der Waals surface area contributed by atoms with Crippen molar-refractivity contribution in [3.05, 3.63) is 105 Å². The Morgan fingerprint density at radius 1 is 1.11 bits per heavy atom. The summed E-state index contributed by atoms with van der Waals surface area (Å²) in [7, 11) is 1.57. The summed E-state index contributed by atoms with van der Waals surface area (Å²) in [5, 5.41) is 4.32. The lowest BCUT2D eigenvalue weighted by Gasteiger charge is -2.12. The van der Waals surface area contributed by atoms with Gasteiger partial charge in [0, 0.05) is 60.2 Å². The fourth-order valence-corrected chi connectivity index (χ4v) is 4.09. The van der Waals surface area contributed by atoms with Crippen LogP contribution in [0.25, 0.3) is 10.9 Å². The quantitative estimate of drug-likeness (QED) is 0.287. The molecule has 0 spiro atoms. The second-order valence-electron chi connectivity index (χ2n) is 8.14. The molecule has 0 aliphatic carbocycles. The van der Waals surface area contributed by atoms with Crippen LogP contribution in [0.5, 0.6) is 0 Å². The molecule has 0 bridgehead atoms. The Kier molecular flexibility index (Phi) is 7.36. The Morgan fingerprint density at radius 2 is 1.94 bits per heavy atom. The van der Waals surface area contributed by atoms with E-state index in [4.69, 9.17) is 17.3 Å². The molecule has 0 atom stereocenters. The van der Waals surface area contributed by atoms with Crippen molar-refractivity contribution >= 4 is 34.2 Å². The number of amides is 1. The van der Waals surface area contributed by atoms with Crippen LogP contribution in [-0.2, 0) is 19.4 Å². The van der Waals surface area contributed by atoms with Crippen molar-refractivity contribution in [1.82, 2.24) is 15.3 Å². The van der Waals surface area contributed by atoms with Gasteiger partial charge < -0.3 is 11.1 Å². The number of nitrogens with zero attached hydrogens (tertiary/aromatic N) is 3. The molecule has 0 unspecified atom stereocenters. The molecule has 4 aromatic rings. The van der Waals surface area contributed by atoms with Crippen molar-refractivity contribution in [2.75, 3.05) is 7.05 Å². The Bertz CT molecular complexity index is 1440. The lowest BCUT2D eigenvalue weighted by molar-refractivity contribution is 0.0950. The number of aliphatic imine (C=N–C) groups is 1. The van der Waals surface area contributed by atoms with Gasteiger partial charge in [-0.3, -0.25) is 19.8 Å². The second-order valence-corrected chi connectivity index (χ2v) is 8.58. The first-order chi connectivity index (χ1) is 16.9. The first-order valence-corrected chi connectivity index (χ1v) is 11.6. The second kappa shape index (κ2) is 10.6. The number of aryl methyl sites for hydroxylation is 1. The molecule has 0 fully saturated rings. The summed E-state index contributed by atoms with van der Waals surface area (Å²) >= 11 is 6.06. The molecule has 4 rings (SSSR count). The van der Waals surface area contributed by atoms with Crippen LogP contribution in [0, 0.1) is 5.82 Å². The predicted octanol–water partition coefficient (Wildman–Crippen LogP) is 4.84. The van der Waals surface area contributed by atoms with E-state index in [2.05, 4.69) is 20.3 Å². The van der Waals surface area contributed by atoms with Gasteiger partial charge in [-0.05, 0) is 53.9 Å². The molecule has 0 saturated carbocycles. The van der Waals surface area contributed by atoms with Crippen LogP contribution in [0.1, 0.15) is 45.2 Å². The molecule has 8 heteroatoms. The molecule has 178 valence electrons. The van der Waals surface area contributed by atoms with Crippen LogP contribution in [0.4, 0.5) is 4.39 Å². The minimum atomic E-state index is -0.439. The highest BCUT2D eigenvalue weighted by molar-refractivity contribution is 6.31. The van der Waals surface area contributed by atoms with Gasteiger partial charge in [0.05, 0.1) is 10.5 Å². The van der Waals surface area contributed by atoms with Gasteiger partial charge in [0.2, 0.25) is 0 Å². The lowest BCUT2D eigenvalue weighted by Crippen LogP contribution is -2.24. The maximum atomic E-state index is 14.7. The topological polar surface area (TPSA) is 93.3 Å². The number of benzene rings is 2. The number of hydrogen-bond acceptors (Lipinski definition) is 4. The highest BCUT2D eigenvalue weighted by Crippen LogP contribution is 2.20. The fourth-order valence-electron chi connectivity index (χ4n) is 3.92. The van der Waals surface area contributed by atoms with Crippen LogP contribution in [0.2, 0.25) is 5.02 Å². The lowest BCUT2D eigenvalue weighted by atomic mass is 10.00. The minimum Gasteiger partial charge on any atom is -0.384 e. The molecular formula is C27H25ClFN5O. The van der Waals surface area contributed by atoms with Crippen LogP contribution >= 0.6 is 11.6 Å². The maximum absolute atomic E-state index is 14.7. The zero-order valence-electron chi connectivity index (χ0n) is 19.5. The largest absolute Gasteiger partial charge is 0.384 e. The van der Waals surface area contributed by atoms with E-state index in [1.807, 2.05) is 31.2 Å². The number of nitrogens with two attached hydrogens (primary N) is 1. The molecule has 0 radical (unpaired) electrons. The van der Waals surface area contributed by atoms with Gasteiger partial charge in [0.15, 0.2) is 0 Å². The number of aromatic nitrogens is 2. The van der Waals surface area contributed by atoms with E-state index in [1.165, 1.54) is 6.07 Å². The Labute approximate surface area is 208 Å². The SMILES string of the molecule is CCc1cc(CNC(=O)c2ccnc(Cc3ccc4ncc(Cl)cc4c3)c2)c(F)cc1C(N)=NC. The standard InChI is InChI=1S/C27H25ClFN5O/c1-3-17-10-20(24(29)13-23(17)26(30)31-2)14-34-27(35)18-6-7-32-22(12-18)9-16-4-5-25-19(8-16)11-21(28)15-33-25/h4-8,10-13,15H,3,9,14H2,1-2H3,(H2,30,31)(H,34,35). The van der Waals surface area contributed by atoms with Gasteiger partial charge in [-0.25, -0.2) is 4.39 Å². The molecule has 3 N–H and O–H groups in total. The summed E-state index contributed by atoms with van der Waals surface area (Å²) in [6.07, 6.45) is 4.42. The highest BCUT2D eigenvalue weighted by atomic mass is 35.5. The smallest absolute Gasteiger partial charge is 0.251 e. The Morgan fingerprint density at radius 3 is 2.71 bits per heavy atom.